The van der Waals surface area contributed by atoms with E-state index in [0.717, 1.165) is 0 Å². The molecule has 0 fully saturated rings. The number of amides is 2. The number of hydrogen-bond acceptors (Lipinski definition) is 4. The Hall–Kier alpha value is -2.93. The van der Waals surface area contributed by atoms with Gasteiger partial charge in [0, 0.05) is 24.0 Å². The molecule has 164 valence electrons. The molecule has 2 amide bonds. The lowest BCUT2D eigenvalue weighted by Gasteiger charge is -2.17. The number of Topliss-reactive ketones (excluding diaryl/α,β-unsaturated/α-hetero) is 2. The van der Waals surface area contributed by atoms with Gasteiger partial charge in [-0.15, -0.1) is 0 Å². The molecule has 0 heterocycles. The van der Waals surface area contributed by atoms with Gasteiger partial charge in [-0.3, -0.25) is 19.2 Å². The predicted molar refractivity (Wildman–Crippen MR) is 124 cm³/mol. The van der Waals surface area contributed by atoms with Crippen LogP contribution in [0.25, 0.3) is 0 Å². The first-order valence-corrected chi connectivity index (χ1v) is 12.2. The summed E-state index contributed by atoms with van der Waals surface area (Å²) in [6.07, 6.45) is 2.65. The Bertz CT molecular complexity index is 887. The number of carbonyl (C=O) groups is 4. The van der Waals surface area contributed by atoms with Gasteiger partial charge in [-0.1, -0.05) is 67.6 Å². The second-order valence-electron chi connectivity index (χ2n) is 7.19. The number of hydrogen-bond donors (Lipinski definition) is 2. The topological polar surface area (TPSA) is 92.3 Å². The maximum absolute atomic E-state index is 12.6. The van der Waals surface area contributed by atoms with E-state index in [1.54, 1.807) is 43.3 Å². The van der Waals surface area contributed by atoms with Crippen molar-refractivity contribution < 1.29 is 19.2 Å². The minimum atomic E-state index is -0.738. The number of carbonyl (C=O) groups excluding carboxylic acids is 4. The van der Waals surface area contributed by atoms with Crippen molar-refractivity contribution in [2.75, 3.05) is 24.3 Å². The monoisotopic (exact) mass is 451 g/mol. The fourth-order valence-corrected chi connectivity index (χ4v) is 4.30. The van der Waals surface area contributed by atoms with Gasteiger partial charge in [0.2, 0.25) is 17.6 Å². The molecular formula is C24H29N2O4S+. The van der Waals surface area contributed by atoms with E-state index < -0.39 is 11.9 Å². The molecular weight excluding hydrogens is 422 g/mol. The minimum Gasteiger partial charge on any atom is -0.347 e. The Balaban J connectivity index is 1.89. The summed E-state index contributed by atoms with van der Waals surface area (Å²) in [5.74, 6) is 0.264. The van der Waals surface area contributed by atoms with E-state index >= 15 is 0 Å². The van der Waals surface area contributed by atoms with Crippen LogP contribution in [0.1, 0.15) is 40.5 Å². The van der Waals surface area contributed by atoms with Gasteiger partial charge in [0.05, 0.1) is 12.8 Å². The van der Waals surface area contributed by atoms with Crippen LogP contribution in [0.5, 0.6) is 0 Å². The van der Waals surface area contributed by atoms with Gasteiger partial charge in [-0.25, -0.2) is 0 Å². The summed E-state index contributed by atoms with van der Waals surface area (Å²) < 4.78 is 0. The molecule has 31 heavy (non-hydrogen) atoms. The molecule has 0 saturated heterocycles. The fraction of sp³-hybridized carbons (Fsp3) is 0.333. The fourth-order valence-electron chi connectivity index (χ4n) is 2.90. The van der Waals surface area contributed by atoms with Crippen molar-refractivity contribution in [3.8, 4) is 0 Å². The first kappa shape index (κ1) is 24.3. The largest absolute Gasteiger partial charge is 0.347 e. The molecule has 0 aliphatic rings. The molecule has 0 aliphatic carbocycles. The van der Waals surface area contributed by atoms with E-state index in [2.05, 4.69) is 10.6 Å². The van der Waals surface area contributed by atoms with E-state index in [-0.39, 0.29) is 41.3 Å². The molecule has 2 aromatic rings. The van der Waals surface area contributed by atoms with Gasteiger partial charge >= 0.3 is 0 Å². The summed E-state index contributed by atoms with van der Waals surface area (Å²) in [5.41, 5.74) is 1.20. The smallest absolute Gasteiger partial charge is 0.243 e. The van der Waals surface area contributed by atoms with Crippen LogP contribution in [-0.4, -0.2) is 53.7 Å². The van der Waals surface area contributed by atoms with Gasteiger partial charge < -0.3 is 10.6 Å². The molecule has 0 bridgehead atoms. The summed E-state index contributed by atoms with van der Waals surface area (Å²) in [7, 11) is -0.245. The highest BCUT2D eigenvalue weighted by atomic mass is 32.2. The molecule has 0 radical (unpaired) electrons. The van der Waals surface area contributed by atoms with Crippen molar-refractivity contribution in [2.24, 2.45) is 0 Å². The van der Waals surface area contributed by atoms with Gasteiger partial charge in [0.25, 0.3) is 0 Å². The Morgan fingerprint density at radius 2 is 1.42 bits per heavy atom. The quantitative estimate of drug-likeness (QED) is 0.295. The van der Waals surface area contributed by atoms with Crippen LogP contribution in [0.15, 0.2) is 60.7 Å². The third-order valence-corrected chi connectivity index (χ3v) is 6.41. The predicted octanol–water partition coefficient (Wildman–Crippen LogP) is 2.40. The summed E-state index contributed by atoms with van der Waals surface area (Å²) in [6, 6.07) is 17.1. The normalized spacial score (nSPS) is 12.5. The summed E-state index contributed by atoms with van der Waals surface area (Å²) in [5, 5.41) is 5.36. The maximum Gasteiger partial charge on any atom is 0.243 e. The van der Waals surface area contributed by atoms with Crippen molar-refractivity contribution in [3.63, 3.8) is 0 Å². The molecule has 6 nitrogen and oxygen atoms in total. The first-order valence-electron chi connectivity index (χ1n) is 10.2. The molecule has 0 aromatic heterocycles. The Morgan fingerprint density at radius 1 is 0.871 bits per heavy atom. The van der Waals surface area contributed by atoms with Crippen LogP contribution in [0.4, 0.5) is 0 Å². The lowest BCUT2D eigenvalue weighted by Crippen LogP contribution is -2.48. The molecule has 0 saturated carbocycles. The Morgan fingerprint density at radius 3 is 1.97 bits per heavy atom. The molecule has 2 N–H and O–H groups in total. The number of benzene rings is 2. The highest BCUT2D eigenvalue weighted by molar-refractivity contribution is 7.96. The van der Waals surface area contributed by atoms with Crippen LogP contribution in [0.3, 0.4) is 0 Å². The van der Waals surface area contributed by atoms with Crippen molar-refractivity contribution in [1.82, 2.24) is 10.6 Å². The van der Waals surface area contributed by atoms with Crippen molar-refractivity contribution in [1.29, 1.82) is 0 Å². The number of ketones is 2. The zero-order chi connectivity index (χ0) is 22.6. The zero-order valence-corrected chi connectivity index (χ0v) is 18.7. The highest BCUT2D eigenvalue weighted by Crippen LogP contribution is 2.07. The Kier molecular flexibility index (Phi) is 9.97. The molecule has 0 spiro atoms. The molecule has 2 atom stereocenters. The molecule has 0 aliphatic heterocycles. The average molecular weight is 451 g/mol. The first-order chi connectivity index (χ1) is 14.9. The van der Waals surface area contributed by atoms with Crippen LogP contribution in [-0.2, 0) is 20.5 Å². The minimum absolute atomic E-state index is 0.0680. The van der Waals surface area contributed by atoms with Gasteiger partial charge in [0.1, 0.15) is 11.8 Å². The SMILES string of the molecule is C[13CH2][13C](=O)NC(CC[S+](C)CC(=O)[13c]1[13cH][13cH][13cH][13cH][13cH]1)C(=O)N[13CH2][13C](=O)c1ccccc1. The summed E-state index contributed by atoms with van der Waals surface area (Å²) in [6.45, 7) is 1.58. The molecule has 7 heteroatoms. The lowest BCUT2D eigenvalue weighted by molar-refractivity contribution is -0.128. The van der Waals surface area contributed by atoms with Crippen molar-refractivity contribution in [3.05, 3.63) is 71.8 Å². The van der Waals surface area contributed by atoms with Crippen molar-refractivity contribution in [2.45, 2.75) is 25.8 Å². The Labute approximate surface area is 186 Å². The van der Waals surface area contributed by atoms with Crippen LogP contribution >= 0.6 is 0 Å². The molecule has 2 aromatic carbocycles. The third kappa shape index (κ3) is 8.38. The summed E-state index contributed by atoms with van der Waals surface area (Å²) >= 11 is 0. The molecule has 2 unspecified atom stereocenters. The van der Waals surface area contributed by atoms with Crippen LogP contribution in [0.2, 0.25) is 0 Å². The van der Waals surface area contributed by atoms with Crippen molar-refractivity contribution >= 4 is 34.3 Å². The molecule has 2 rings (SSSR count). The highest BCUT2D eigenvalue weighted by Gasteiger charge is 2.25. The van der Waals surface area contributed by atoms with Gasteiger partial charge in [-0.05, 0) is 10.9 Å². The van der Waals surface area contributed by atoms with Crippen LogP contribution in [0, 0.1) is 0 Å². The second-order valence-corrected chi connectivity index (χ2v) is 9.45. The number of nitrogens with one attached hydrogen (secondary N) is 2. The van der Waals surface area contributed by atoms with Gasteiger partial charge in [0.15, 0.2) is 11.5 Å². The van der Waals surface area contributed by atoms with E-state index in [0.29, 0.717) is 29.1 Å². The second kappa shape index (κ2) is 12.7. The van der Waals surface area contributed by atoms with E-state index in [1.165, 1.54) is 0 Å². The number of rotatable bonds is 12. The van der Waals surface area contributed by atoms with E-state index in [4.69, 9.17) is 0 Å². The zero-order valence-electron chi connectivity index (χ0n) is 17.9. The summed E-state index contributed by atoms with van der Waals surface area (Å²) in [4.78, 5) is 49.2. The van der Waals surface area contributed by atoms with Crippen LogP contribution < -0.4 is 10.6 Å². The van der Waals surface area contributed by atoms with E-state index in [1.807, 2.05) is 30.5 Å². The van der Waals surface area contributed by atoms with E-state index in [9.17, 15) is 19.2 Å². The third-order valence-electron chi connectivity index (χ3n) is 4.72. The average Bonchev–Trinajstić information content (AvgIpc) is 2.80. The maximum atomic E-state index is 12.6. The van der Waals surface area contributed by atoms with Gasteiger partial charge in [-0.2, -0.15) is 0 Å². The standard InChI is InChI=1S/C24H28N2O4S/c1-3-23(29)26-20(24(30)25-16-21(27)18-10-6-4-7-11-18)14-15-31(2)17-22(28)19-12-8-5-9-13-19/h4-13,20H,3,14-17H2,1-2H3,(H-,25,26,29,30)/p+1/i3+1,5+1,8+1,9+1,12+1,13+1,16+1,19+1,21+1,23+1. The lowest BCUT2D eigenvalue weighted by atomic mass is 10.2.